The quantitative estimate of drug-likeness (QED) is 0.244. The first-order chi connectivity index (χ1) is 18.8. The van der Waals surface area contributed by atoms with Gasteiger partial charge in [0.1, 0.15) is 0 Å². The molecule has 39 heavy (non-hydrogen) atoms. The van der Waals surface area contributed by atoms with Gasteiger partial charge in [0.15, 0.2) is 0 Å². The van der Waals surface area contributed by atoms with E-state index in [9.17, 15) is 19.2 Å². The van der Waals surface area contributed by atoms with E-state index in [1.54, 1.807) is 36.4 Å². The minimum absolute atomic E-state index is 0.0605. The molecular formula is C30H39N3O6. The van der Waals surface area contributed by atoms with Crippen LogP contribution in [0.4, 0.5) is 10.5 Å². The second-order valence-electron chi connectivity index (χ2n) is 10.1. The Morgan fingerprint density at radius 2 is 1.59 bits per heavy atom. The lowest BCUT2D eigenvalue weighted by molar-refractivity contribution is -0.136. The van der Waals surface area contributed by atoms with Crippen LogP contribution in [0, 0.1) is 5.92 Å². The zero-order valence-corrected chi connectivity index (χ0v) is 22.8. The zero-order chi connectivity index (χ0) is 28.2. The molecule has 2 aromatic carbocycles. The van der Waals surface area contributed by atoms with Gasteiger partial charge in [-0.1, -0.05) is 32.4 Å². The fourth-order valence-electron chi connectivity index (χ4n) is 4.54. The molecule has 0 saturated heterocycles. The number of ether oxygens (including phenoxy) is 1. The lowest BCUT2D eigenvalue weighted by Gasteiger charge is -2.36. The van der Waals surface area contributed by atoms with Crippen molar-refractivity contribution in [3.63, 3.8) is 0 Å². The first-order valence-electron chi connectivity index (χ1n) is 13.7. The van der Waals surface area contributed by atoms with Crippen molar-refractivity contribution in [1.82, 2.24) is 10.2 Å². The number of nitrogens with zero attached hydrogens (tertiary/aromatic N) is 1. The maximum absolute atomic E-state index is 13.5. The monoisotopic (exact) mass is 537 g/mol. The van der Waals surface area contributed by atoms with Crippen LogP contribution < -0.4 is 10.6 Å². The fourth-order valence-corrected chi connectivity index (χ4v) is 4.54. The number of carbonyl (C=O) groups excluding carboxylic acids is 3. The number of carboxylic acids is 1. The average Bonchev–Trinajstić information content (AvgIpc) is 2.93. The van der Waals surface area contributed by atoms with E-state index in [0.717, 1.165) is 44.1 Å². The number of anilines is 1. The Bertz CT molecular complexity index is 1110. The van der Waals surface area contributed by atoms with Gasteiger partial charge in [-0.2, -0.15) is 0 Å². The molecule has 0 aromatic heterocycles. The minimum atomic E-state index is -0.970. The summed E-state index contributed by atoms with van der Waals surface area (Å²) >= 11 is 0. The Labute approximate surface area is 229 Å². The van der Waals surface area contributed by atoms with Gasteiger partial charge in [0.05, 0.1) is 18.6 Å². The Morgan fingerprint density at radius 3 is 2.21 bits per heavy atom. The number of urea groups is 1. The third-order valence-corrected chi connectivity index (χ3v) is 6.98. The number of unbranched alkanes of at least 4 members (excludes halogenated alkanes) is 1. The number of hydrogen-bond donors (Lipinski definition) is 3. The van der Waals surface area contributed by atoms with Crippen molar-refractivity contribution >= 4 is 29.6 Å². The second kappa shape index (κ2) is 14.9. The number of nitrogens with one attached hydrogen (secondary N) is 2. The van der Waals surface area contributed by atoms with Crippen LogP contribution in [0.2, 0.25) is 0 Å². The van der Waals surface area contributed by atoms with Crippen LogP contribution in [0.1, 0.15) is 85.1 Å². The van der Waals surface area contributed by atoms with Crippen molar-refractivity contribution in [3.05, 3.63) is 65.2 Å². The maximum atomic E-state index is 13.5. The molecule has 0 unspecified atom stereocenters. The van der Waals surface area contributed by atoms with Crippen LogP contribution in [-0.4, -0.2) is 53.1 Å². The van der Waals surface area contributed by atoms with Gasteiger partial charge in [0.2, 0.25) is 0 Å². The van der Waals surface area contributed by atoms with E-state index in [1.165, 1.54) is 0 Å². The molecule has 0 bridgehead atoms. The van der Waals surface area contributed by atoms with E-state index in [0.29, 0.717) is 35.9 Å². The highest BCUT2D eigenvalue weighted by Crippen LogP contribution is 2.29. The predicted molar refractivity (Wildman–Crippen MR) is 149 cm³/mol. The molecule has 0 atom stereocenters. The highest BCUT2D eigenvalue weighted by molar-refractivity contribution is 5.94. The number of esters is 1. The van der Waals surface area contributed by atoms with Crippen molar-refractivity contribution < 1.29 is 29.0 Å². The van der Waals surface area contributed by atoms with Gasteiger partial charge < -0.3 is 25.4 Å². The molecule has 1 fully saturated rings. The number of aliphatic carboxylic acids is 1. The fraction of sp³-hybridized carbons (Fsp3) is 0.467. The summed E-state index contributed by atoms with van der Waals surface area (Å²) < 4.78 is 5.25. The van der Waals surface area contributed by atoms with E-state index < -0.39 is 5.97 Å². The summed E-state index contributed by atoms with van der Waals surface area (Å²) in [6.07, 6.45) is 5.57. The third-order valence-electron chi connectivity index (χ3n) is 6.98. The summed E-state index contributed by atoms with van der Waals surface area (Å²) in [6.45, 7) is 5.09. The van der Waals surface area contributed by atoms with E-state index in [4.69, 9.17) is 9.84 Å². The van der Waals surface area contributed by atoms with Crippen molar-refractivity contribution in [3.8, 4) is 0 Å². The Hall–Kier alpha value is -3.88. The second-order valence-corrected chi connectivity index (χ2v) is 10.1. The molecule has 3 N–H and O–H groups in total. The Morgan fingerprint density at radius 1 is 0.949 bits per heavy atom. The molecule has 9 nitrogen and oxygen atoms in total. The molecular weight excluding hydrogens is 498 g/mol. The number of rotatable bonds is 12. The summed E-state index contributed by atoms with van der Waals surface area (Å²) in [6, 6.07) is 13.6. The number of benzene rings is 2. The van der Waals surface area contributed by atoms with Crippen molar-refractivity contribution in [1.29, 1.82) is 0 Å². The molecule has 3 rings (SSSR count). The van der Waals surface area contributed by atoms with Crippen molar-refractivity contribution in [2.75, 3.05) is 18.5 Å². The molecule has 2 aromatic rings. The molecule has 0 aliphatic heterocycles. The van der Waals surface area contributed by atoms with E-state index in [-0.39, 0.29) is 36.9 Å². The van der Waals surface area contributed by atoms with Gasteiger partial charge in [0, 0.05) is 30.4 Å². The van der Waals surface area contributed by atoms with Gasteiger partial charge in [0.25, 0.3) is 5.91 Å². The summed E-state index contributed by atoms with van der Waals surface area (Å²) in [4.78, 5) is 50.4. The lowest BCUT2D eigenvalue weighted by atomic mass is 9.86. The highest BCUT2D eigenvalue weighted by atomic mass is 16.5. The van der Waals surface area contributed by atoms with Gasteiger partial charge in [-0.25, -0.2) is 9.59 Å². The summed E-state index contributed by atoms with van der Waals surface area (Å²) in [5, 5.41) is 14.3. The van der Waals surface area contributed by atoms with Crippen LogP contribution >= 0.6 is 0 Å². The number of amides is 3. The zero-order valence-electron chi connectivity index (χ0n) is 22.8. The molecule has 1 saturated carbocycles. The highest BCUT2D eigenvalue weighted by Gasteiger charge is 2.28. The van der Waals surface area contributed by atoms with Crippen LogP contribution in [0.15, 0.2) is 48.5 Å². The van der Waals surface area contributed by atoms with Crippen molar-refractivity contribution in [2.24, 2.45) is 5.92 Å². The Balaban J connectivity index is 1.66. The Kier molecular flexibility index (Phi) is 11.3. The third kappa shape index (κ3) is 9.42. The first kappa shape index (κ1) is 29.7. The van der Waals surface area contributed by atoms with E-state index in [1.807, 2.05) is 24.0 Å². The molecule has 210 valence electrons. The first-order valence-corrected chi connectivity index (χ1v) is 13.7. The van der Waals surface area contributed by atoms with Crippen LogP contribution in [0.5, 0.6) is 0 Å². The van der Waals surface area contributed by atoms with Gasteiger partial charge in [-0.3, -0.25) is 9.59 Å². The normalized spacial score (nSPS) is 16.7. The minimum Gasteiger partial charge on any atom is -0.481 e. The van der Waals surface area contributed by atoms with Crippen LogP contribution in [0.3, 0.4) is 0 Å². The van der Waals surface area contributed by atoms with Crippen molar-refractivity contribution in [2.45, 2.75) is 71.4 Å². The number of carboxylic acid groups (broad SMARTS) is 1. The summed E-state index contributed by atoms with van der Waals surface area (Å²) in [7, 11) is 0. The lowest BCUT2D eigenvalue weighted by Crippen LogP contribution is -2.44. The van der Waals surface area contributed by atoms with Crippen LogP contribution in [-0.2, 0) is 16.1 Å². The largest absolute Gasteiger partial charge is 0.481 e. The topological polar surface area (TPSA) is 125 Å². The standard InChI is InChI=1S/C30H39N3O6/c1-3-4-19-39-29(37)24-11-13-25(14-12-24)32-30(38)33(26-15-5-21(2)6-16-26)20-22-7-9-23(10-8-22)28(36)31-18-17-27(34)35/h7-14,21,26H,3-6,15-20H2,1-2H3,(H,31,36)(H,32,38)(H,34,35). The SMILES string of the molecule is CCCCOC(=O)c1ccc(NC(=O)N(Cc2ccc(C(=O)NCCC(=O)O)cc2)C2CCC(C)CC2)cc1. The molecule has 1 aliphatic rings. The predicted octanol–water partition coefficient (Wildman–Crippen LogP) is 5.46. The molecule has 3 amide bonds. The smallest absolute Gasteiger partial charge is 0.338 e. The molecule has 0 radical (unpaired) electrons. The van der Waals surface area contributed by atoms with E-state index >= 15 is 0 Å². The number of carbonyl (C=O) groups is 4. The van der Waals surface area contributed by atoms with Gasteiger partial charge in [-0.15, -0.1) is 0 Å². The maximum Gasteiger partial charge on any atom is 0.338 e. The number of hydrogen-bond acceptors (Lipinski definition) is 5. The molecule has 0 heterocycles. The molecule has 0 spiro atoms. The van der Waals surface area contributed by atoms with Gasteiger partial charge >= 0.3 is 18.0 Å². The molecule has 9 heteroatoms. The summed E-state index contributed by atoms with van der Waals surface area (Å²) in [5.74, 6) is -1.05. The summed E-state index contributed by atoms with van der Waals surface area (Å²) in [5.41, 5.74) is 2.35. The van der Waals surface area contributed by atoms with Gasteiger partial charge in [-0.05, 0) is 80.0 Å². The average molecular weight is 538 g/mol. The van der Waals surface area contributed by atoms with E-state index in [2.05, 4.69) is 17.6 Å². The molecule has 1 aliphatic carbocycles. The van der Waals surface area contributed by atoms with Crippen LogP contribution in [0.25, 0.3) is 0 Å².